The van der Waals surface area contributed by atoms with Gasteiger partial charge in [0.15, 0.2) is 0 Å². The van der Waals surface area contributed by atoms with Crippen LogP contribution in [0.2, 0.25) is 0 Å². The summed E-state index contributed by atoms with van der Waals surface area (Å²) in [7, 11) is 0. The summed E-state index contributed by atoms with van der Waals surface area (Å²) in [5, 5.41) is 0. The molecule has 0 aromatic carbocycles. The van der Waals surface area contributed by atoms with Crippen molar-refractivity contribution in [3.05, 3.63) is 0 Å². The van der Waals surface area contributed by atoms with Gasteiger partial charge in [-0.1, -0.05) is 13.8 Å². The van der Waals surface area contributed by atoms with Crippen LogP contribution >= 0.6 is 0 Å². The standard InChI is InChI=1S/C13H21NO2/c1-11-3-9-4-12(2,6-11)8-13(5-9,7-11)16-10(14)15/h9H,3-8H2,1-2H3,(H2,14,15)/t9?,11-,12+,13?. The van der Waals surface area contributed by atoms with Crippen LogP contribution in [0.5, 0.6) is 0 Å². The van der Waals surface area contributed by atoms with E-state index in [1.807, 2.05) is 0 Å². The van der Waals surface area contributed by atoms with Gasteiger partial charge in [-0.05, 0) is 55.3 Å². The van der Waals surface area contributed by atoms with Crippen LogP contribution in [-0.4, -0.2) is 11.7 Å². The predicted molar refractivity (Wildman–Crippen MR) is 60.8 cm³/mol. The molecule has 0 spiro atoms. The molecule has 1 amide bonds. The Hall–Kier alpha value is -0.730. The SMILES string of the molecule is C[C@]12CC3CC(OC(N)=O)(C1)C[C@@](C)(C3)C2. The first-order valence-corrected chi connectivity index (χ1v) is 6.31. The van der Waals surface area contributed by atoms with E-state index in [1.165, 1.54) is 19.3 Å². The lowest BCUT2D eigenvalue weighted by atomic mass is 9.43. The minimum absolute atomic E-state index is 0.227. The number of amides is 1. The van der Waals surface area contributed by atoms with Gasteiger partial charge in [0.2, 0.25) is 0 Å². The Bertz CT molecular complexity index is 334. The number of ether oxygens (including phenoxy) is 1. The van der Waals surface area contributed by atoms with Crippen LogP contribution < -0.4 is 5.73 Å². The molecule has 0 aliphatic heterocycles. The molecule has 2 unspecified atom stereocenters. The fraction of sp³-hybridized carbons (Fsp3) is 0.923. The lowest BCUT2D eigenvalue weighted by molar-refractivity contribution is -0.188. The third-order valence-corrected chi connectivity index (χ3v) is 4.89. The van der Waals surface area contributed by atoms with E-state index in [2.05, 4.69) is 13.8 Å². The molecule has 0 saturated heterocycles. The van der Waals surface area contributed by atoms with Crippen molar-refractivity contribution in [3.63, 3.8) is 0 Å². The topological polar surface area (TPSA) is 52.3 Å². The summed E-state index contributed by atoms with van der Waals surface area (Å²) in [5.41, 5.74) is 5.77. The highest BCUT2D eigenvalue weighted by atomic mass is 16.6. The molecule has 0 radical (unpaired) electrons. The lowest BCUT2D eigenvalue weighted by Gasteiger charge is -2.64. The number of carbonyl (C=O) groups is 1. The average molecular weight is 223 g/mol. The highest BCUT2D eigenvalue weighted by molar-refractivity contribution is 5.65. The Morgan fingerprint density at radius 1 is 1.12 bits per heavy atom. The van der Waals surface area contributed by atoms with E-state index in [4.69, 9.17) is 10.5 Å². The number of hydrogen-bond donors (Lipinski definition) is 1. The van der Waals surface area contributed by atoms with Crippen molar-refractivity contribution >= 4 is 6.09 Å². The monoisotopic (exact) mass is 223 g/mol. The van der Waals surface area contributed by atoms with E-state index in [0.717, 1.165) is 25.2 Å². The summed E-state index contributed by atoms with van der Waals surface area (Å²) >= 11 is 0. The first kappa shape index (κ1) is 10.4. The molecule has 90 valence electrons. The van der Waals surface area contributed by atoms with E-state index in [0.29, 0.717) is 10.8 Å². The third kappa shape index (κ3) is 1.44. The molecule has 4 aliphatic rings. The smallest absolute Gasteiger partial charge is 0.405 e. The zero-order valence-corrected chi connectivity index (χ0v) is 10.2. The largest absolute Gasteiger partial charge is 0.443 e. The zero-order valence-electron chi connectivity index (χ0n) is 10.2. The van der Waals surface area contributed by atoms with Crippen molar-refractivity contribution in [1.29, 1.82) is 0 Å². The van der Waals surface area contributed by atoms with Crippen LogP contribution in [0.15, 0.2) is 0 Å². The fourth-order valence-corrected chi connectivity index (χ4v) is 5.67. The molecule has 16 heavy (non-hydrogen) atoms. The van der Waals surface area contributed by atoms with Gasteiger partial charge in [0.25, 0.3) is 0 Å². The maximum absolute atomic E-state index is 11.1. The average Bonchev–Trinajstić information content (AvgIpc) is 1.91. The lowest BCUT2D eigenvalue weighted by Crippen LogP contribution is -2.60. The summed E-state index contributed by atoms with van der Waals surface area (Å²) in [6.07, 6.45) is 6.42. The number of rotatable bonds is 1. The quantitative estimate of drug-likeness (QED) is 0.743. The van der Waals surface area contributed by atoms with E-state index in [-0.39, 0.29) is 5.60 Å². The van der Waals surface area contributed by atoms with Crippen LogP contribution in [0.3, 0.4) is 0 Å². The summed E-state index contributed by atoms with van der Waals surface area (Å²) in [4.78, 5) is 11.1. The van der Waals surface area contributed by atoms with E-state index < -0.39 is 6.09 Å². The summed E-state index contributed by atoms with van der Waals surface area (Å²) in [6.45, 7) is 4.71. The molecule has 3 nitrogen and oxygen atoms in total. The molecule has 2 N–H and O–H groups in total. The van der Waals surface area contributed by atoms with Gasteiger partial charge in [0, 0.05) is 0 Å². The van der Waals surface area contributed by atoms with Crippen molar-refractivity contribution < 1.29 is 9.53 Å². The molecule has 4 atom stereocenters. The Labute approximate surface area is 96.7 Å². The Morgan fingerprint density at radius 3 is 2.12 bits per heavy atom. The van der Waals surface area contributed by atoms with Crippen LogP contribution in [0.25, 0.3) is 0 Å². The molecule has 4 bridgehead atoms. The number of nitrogens with two attached hydrogens (primary N) is 1. The van der Waals surface area contributed by atoms with E-state index in [1.54, 1.807) is 0 Å². The van der Waals surface area contributed by atoms with Crippen molar-refractivity contribution in [3.8, 4) is 0 Å². The molecule has 0 aromatic heterocycles. The van der Waals surface area contributed by atoms with Gasteiger partial charge in [-0.15, -0.1) is 0 Å². The van der Waals surface area contributed by atoms with Gasteiger partial charge < -0.3 is 10.5 Å². The van der Waals surface area contributed by atoms with Crippen LogP contribution in [0.1, 0.15) is 52.4 Å². The molecule has 4 fully saturated rings. The highest BCUT2D eigenvalue weighted by Crippen LogP contribution is 2.67. The fourth-order valence-electron chi connectivity index (χ4n) is 5.67. The zero-order chi connectivity index (χ0) is 11.6. The second kappa shape index (κ2) is 2.74. The Morgan fingerprint density at radius 2 is 1.69 bits per heavy atom. The van der Waals surface area contributed by atoms with Gasteiger partial charge in [-0.3, -0.25) is 0 Å². The summed E-state index contributed by atoms with van der Waals surface area (Å²) < 4.78 is 5.52. The normalized spacial score (nSPS) is 54.0. The molecule has 4 saturated carbocycles. The van der Waals surface area contributed by atoms with Crippen molar-refractivity contribution in [1.82, 2.24) is 0 Å². The molecular formula is C13H21NO2. The van der Waals surface area contributed by atoms with Crippen LogP contribution in [0.4, 0.5) is 4.79 Å². The third-order valence-electron chi connectivity index (χ3n) is 4.89. The van der Waals surface area contributed by atoms with Gasteiger partial charge >= 0.3 is 6.09 Å². The molecule has 4 aliphatic carbocycles. The van der Waals surface area contributed by atoms with Gasteiger partial charge in [-0.25, -0.2) is 4.79 Å². The van der Waals surface area contributed by atoms with E-state index in [9.17, 15) is 4.79 Å². The summed E-state index contributed by atoms with van der Waals surface area (Å²) in [5.74, 6) is 0.741. The molecule has 4 rings (SSSR count). The maximum Gasteiger partial charge on any atom is 0.405 e. The van der Waals surface area contributed by atoms with Crippen LogP contribution in [-0.2, 0) is 4.74 Å². The van der Waals surface area contributed by atoms with Gasteiger partial charge in [-0.2, -0.15) is 0 Å². The number of primary amides is 1. The van der Waals surface area contributed by atoms with E-state index >= 15 is 0 Å². The number of hydrogen-bond acceptors (Lipinski definition) is 2. The molecular weight excluding hydrogens is 202 g/mol. The van der Waals surface area contributed by atoms with Gasteiger partial charge in [0.05, 0.1) is 0 Å². The minimum atomic E-state index is -0.589. The second-order valence-electron chi connectivity index (χ2n) is 7.23. The van der Waals surface area contributed by atoms with Crippen molar-refractivity contribution in [2.45, 2.75) is 58.0 Å². The minimum Gasteiger partial charge on any atom is -0.443 e. The van der Waals surface area contributed by atoms with Gasteiger partial charge in [0.1, 0.15) is 5.60 Å². The van der Waals surface area contributed by atoms with Crippen molar-refractivity contribution in [2.24, 2.45) is 22.5 Å². The molecule has 0 aromatic rings. The second-order valence-corrected chi connectivity index (χ2v) is 7.23. The molecule has 3 heteroatoms. The first-order chi connectivity index (χ1) is 7.32. The Kier molecular flexibility index (Phi) is 1.79. The van der Waals surface area contributed by atoms with Crippen LogP contribution in [0, 0.1) is 16.7 Å². The maximum atomic E-state index is 11.1. The molecule has 0 heterocycles. The number of carbonyl (C=O) groups excluding carboxylic acids is 1. The highest BCUT2D eigenvalue weighted by Gasteiger charge is 2.61. The van der Waals surface area contributed by atoms with Crippen molar-refractivity contribution in [2.75, 3.05) is 0 Å². The predicted octanol–water partition coefficient (Wildman–Crippen LogP) is 2.83. The summed E-state index contributed by atoms with van der Waals surface area (Å²) in [6, 6.07) is 0. The first-order valence-electron chi connectivity index (χ1n) is 6.31. The Balaban J connectivity index is 1.95.